The monoisotopic (exact) mass is 260 g/mol. The molecule has 0 aromatic heterocycles. The fraction of sp³-hybridized carbons (Fsp3) is 0. The van der Waals surface area contributed by atoms with Crippen molar-refractivity contribution < 1.29 is 0 Å². The molecule has 0 saturated carbocycles. The second kappa shape index (κ2) is 20.0. The van der Waals surface area contributed by atoms with Crippen LogP contribution in [0.2, 0.25) is 0 Å². The first-order valence-electron chi connectivity index (χ1n) is 0. The Morgan fingerprint density at radius 1 is 1.00 bits per heavy atom. The Morgan fingerprint density at radius 2 is 1.00 bits per heavy atom. The molecule has 0 aliphatic carbocycles. The van der Waals surface area contributed by atoms with E-state index in [9.17, 15) is 0 Å². The first-order valence-corrected chi connectivity index (χ1v) is 0. The first kappa shape index (κ1) is 37.4. The van der Waals surface area contributed by atoms with Crippen LogP contribution in [0.5, 0.6) is 0 Å². The molecule has 22 valence electrons. The van der Waals surface area contributed by atoms with Crippen molar-refractivity contribution in [3.8, 4) is 0 Å². The van der Waals surface area contributed by atoms with Crippen molar-refractivity contribution in [2.75, 3.05) is 0 Å². The second-order valence-electron chi connectivity index (χ2n) is 0. The summed E-state index contributed by atoms with van der Waals surface area (Å²) in [7, 11) is 0. The average Bonchev–Trinajstić information content (AvgIpc) is 0. The summed E-state index contributed by atoms with van der Waals surface area (Å²) < 4.78 is 0. The van der Waals surface area contributed by atoms with Crippen LogP contribution in [0.1, 0.15) is 0 Å². The van der Waals surface area contributed by atoms with E-state index in [0.29, 0.717) is 0 Å². The first-order chi connectivity index (χ1) is 0. The Kier molecular flexibility index (Phi) is 187. The van der Waals surface area contributed by atoms with Gasteiger partial charge in [0.2, 0.25) is 0 Å². The van der Waals surface area contributed by atoms with Crippen LogP contribution >= 0.6 is 12.4 Å². The molecule has 0 aliphatic rings. The normalized spacial score (nSPS) is 0. The van der Waals surface area contributed by atoms with Gasteiger partial charge >= 0.3 is 0 Å². The molecule has 0 aliphatic heterocycles. The molecule has 0 N–H and O–H groups in total. The van der Waals surface area contributed by atoms with Gasteiger partial charge in [0.1, 0.15) is 0 Å². The molecule has 0 aromatic carbocycles. The molecule has 0 bridgehead atoms. The molecule has 0 saturated heterocycles. The zero-order valence-corrected chi connectivity index (χ0v) is 8.67. The molecule has 0 fully saturated rings. The van der Waals surface area contributed by atoms with Gasteiger partial charge in [-0.05, 0) is 0 Å². The van der Waals surface area contributed by atoms with Crippen molar-refractivity contribution >= 4 is 67.2 Å². The molecule has 0 aromatic rings. The van der Waals surface area contributed by atoms with Gasteiger partial charge in [0.15, 0.2) is 0 Å². The fourth-order valence-electron chi connectivity index (χ4n) is 0. The van der Waals surface area contributed by atoms with E-state index < -0.39 is 0 Å². The molecule has 4 heteroatoms. The van der Waals surface area contributed by atoms with E-state index in [2.05, 4.69) is 0 Å². The topological polar surface area (TPSA) is 0 Å². The molecule has 0 atom stereocenters. The van der Waals surface area contributed by atoms with E-state index in [0.717, 1.165) is 0 Å². The Bertz CT molecular complexity index is 8.00. The van der Waals surface area contributed by atoms with E-state index >= 15 is 0 Å². The summed E-state index contributed by atoms with van der Waals surface area (Å²) in [4.78, 5) is 0. The third-order valence-corrected chi connectivity index (χ3v) is 0. The van der Waals surface area contributed by atoms with Crippen molar-refractivity contribution in [3.05, 3.63) is 0 Å². The largest absolute Gasteiger partial charge is 0.147 e. The Balaban J connectivity index is 0. The van der Waals surface area contributed by atoms with Crippen LogP contribution in [0, 0.1) is 0 Å². The van der Waals surface area contributed by atoms with Gasteiger partial charge < -0.3 is 0 Å². The number of halogens is 1. The minimum absolute atomic E-state index is 0. The van der Waals surface area contributed by atoms with Gasteiger partial charge in [0, 0.05) is 54.8 Å². The second-order valence-corrected chi connectivity index (χ2v) is 0. The van der Waals surface area contributed by atoms with Crippen molar-refractivity contribution in [1.29, 1.82) is 0 Å². The summed E-state index contributed by atoms with van der Waals surface area (Å²) >= 11 is 0. The van der Waals surface area contributed by atoms with Crippen LogP contribution in [0.4, 0.5) is 0 Å². The third kappa shape index (κ3) is 9.00. The van der Waals surface area contributed by atoms with E-state index in [4.69, 9.17) is 0 Å². The van der Waals surface area contributed by atoms with Gasteiger partial charge in [-0.3, -0.25) is 0 Å². The van der Waals surface area contributed by atoms with Gasteiger partial charge in [-0.15, -0.1) is 12.4 Å². The molecule has 0 heterocycles. The Morgan fingerprint density at radius 3 is 1.00 bits per heavy atom. The minimum atomic E-state index is 0. The summed E-state index contributed by atoms with van der Waals surface area (Å²) in [5.41, 5.74) is 0. The van der Waals surface area contributed by atoms with Crippen LogP contribution in [0.3, 0.4) is 0 Å². The van der Waals surface area contributed by atoms with E-state index in [1.807, 2.05) is 0 Å². The summed E-state index contributed by atoms with van der Waals surface area (Å²) in [6, 6.07) is 0. The standard InChI is InChI=1S/As.ClH.Ga.Se/h;1H;;. The summed E-state index contributed by atoms with van der Waals surface area (Å²) in [5.74, 6) is 0. The van der Waals surface area contributed by atoms with Crippen molar-refractivity contribution in [3.63, 3.8) is 0 Å². The average molecular weight is 260 g/mol. The van der Waals surface area contributed by atoms with Gasteiger partial charge in [-0.1, -0.05) is 0 Å². The molecule has 0 rings (SSSR count). The van der Waals surface area contributed by atoms with E-state index in [-0.39, 0.29) is 67.2 Å². The van der Waals surface area contributed by atoms with Crippen LogP contribution in [-0.4, -0.2) is 54.8 Å². The summed E-state index contributed by atoms with van der Waals surface area (Å²) in [6.07, 6.45) is 0. The van der Waals surface area contributed by atoms with E-state index in [1.54, 1.807) is 0 Å². The Labute approximate surface area is 66.7 Å². The zero-order chi connectivity index (χ0) is 0. The maximum Gasteiger partial charge on any atom is 0 e. The molecule has 0 nitrogen and oxygen atoms in total. The van der Waals surface area contributed by atoms with Gasteiger partial charge in [-0.25, -0.2) is 0 Å². The zero-order valence-electron chi connectivity index (χ0n) is 1.84. The predicted octanol–water partition coefficient (Wildman–Crippen LogP) is -0.721. The van der Waals surface area contributed by atoms with Crippen molar-refractivity contribution in [2.45, 2.75) is 0 Å². The minimum Gasteiger partial charge on any atom is -0.147 e. The molecule has 0 spiro atoms. The van der Waals surface area contributed by atoms with Crippen LogP contribution < -0.4 is 0 Å². The number of hydrogen-bond acceptors (Lipinski definition) is 0. The van der Waals surface area contributed by atoms with Crippen molar-refractivity contribution in [2.24, 2.45) is 0 Å². The van der Waals surface area contributed by atoms with Crippen molar-refractivity contribution in [1.82, 2.24) is 0 Å². The SMILES string of the molecule is Cl.[As].[Ga].[Se]. The van der Waals surface area contributed by atoms with Gasteiger partial charge in [0.05, 0.1) is 0 Å². The van der Waals surface area contributed by atoms with Crippen LogP contribution in [0.15, 0.2) is 0 Å². The third-order valence-electron chi connectivity index (χ3n) is 0. The molecular weight excluding hydrogens is 259 g/mol. The van der Waals surface area contributed by atoms with Gasteiger partial charge in [0.25, 0.3) is 0 Å². The predicted molar refractivity (Wildman–Crippen MR) is 24.5 cm³/mol. The maximum atomic E-state index is 0. The summed E-state index contributed by atoms with van der Waals surface area (Å²) in [6.45, 7) is 0. The molecule has 0 amide bonds. The number of rotatable bonds is 0. The molecule has 4 heavy (non-hydrogen) atoms. The molecular formula is HAsClGaSe. The molecule has 0 unspecified atom stereocenters. The van der Waals surface area contributed by atoms with E-state index in [1.165, 1.54) is 0 Å². The van der Waals surface area contributed by atoms with Crippen LogP contribution in [0.25, 0.3) is 0 Å². The number of hydrogen-bond donors (Lipinski definition) is 0. The smallest absolute Gasteiger partial charge is 0 e. The Hall–Kier alpha value is 2.00. The van der Waals surface area contributed by atoms with Crippen LogP contribution in [-0.2, 0) is 0 Å². The molecule has 8 radical (unpaired) electrons. The summed E-state index contributed by atoms with van der Waals surface area (Å²) in [5, 5.41) is 0. The quantitative estimate of drug-likeness (QED) is 0.504. The maximum absolute atomic E-state index is 0. The van der Waals surface area contributed by atoms with Gasteiger partial charge in [-0.2, -0.15) is 0 Å². The fourth-order valence-corrected chi connectivity index (χ4v) is 0.